The lowest BCUT2D eigenvalue weighted by molar-refractivity contribution is -0.122. The number of fused-ring (bicyclic) bond motifs is 2. The fraction of sp³-hybridized carbons (Fsp3) is 0.556. The first kappa shape index (κ1) is 13.1. The van der Waals surface area contributed by atoms with E-state index in [1.165, 1.54) is 31.2 Å². The third-order valence-corrected chi connectivity index (χ3v) is 5.59. The minimum absolute atomic E-state index is 0.0864. The molecule has 2 bridgehead atoms. The first-order chi connectivity index (χ1) is 10.3. The fourth-order valence-corrected chi connectivity index (χ4v) is 4.31. The van der Waals surface area contributed by atoms with Crippen molar-refractivity contribution < 1.29 is 4.79 Å². The molecule has 3 aliphatic carbocycles. The van der Waals surface area contributed by atoms with Crippen LogP contribution in [0.3, 0.4) is 0 Å². The van der Waals surface area contributed by atoms with E-state index < -0.39 is 0 Å². The smallest absolute Gasteiger partial charge is 0.243 e. The summed E-state index contributed by atoms with van der Waals surface area (Å²) in [7, 11) is 0. The number of hydrogen-bond donors (Lipinski definition) is 1. The zero-order valence-electron chi connectivity index (χ0n) is 12.2. The highest BCUT2D eigenvalue weighted by Gasteiger charge is 2.44. The molecule has 0 saturated heterocycles. The monoisotopic (exact) mass is 282 g/mol. The van der Waals surface area contributed by atoms with E-state index in [9.17, 15) is 4.79 Å². The summed E-state index contributed by atoms with van der Waals surface area (Å²) in [4.78, 5) is 12.1. The first-order valence-electron chi connectivity index (χ1n) is 8.19. The zero-order valence-corrected chi connectivity index (χ0v) is 12.2. The van der Waals surface area contributed by atoms with Crippen molar-refractivity contribution in [1.82, 2.24) is 5.43 Å². The lowest BCUT2D eigenvalue weighted by atomic mass is 9.90. The standard InChI is InChI=1S/C18H22N2O/c21-18(17-10-16(17)13-4-2-1-3-5-13)20-19-11-15-9-12-6-7-14(15)8-12/h1-5,11-12,14-17H,6-10H2,(H,20,21)/b19-11-/t12-,14+,15-,16-,17+/m0/s1. The number of carbonyl (C=O) groups excluding carboxylic acids is 1. The van der Waals surface area contributed by atoms with Gasteiger partial charge in [-0.1, -0.05) is 36.8 Å². The molecule has 1 N–H and O–H groups in total. The highest BCUT2D eigenvalue weighted by molar-refractivity contribution is 5.83. The second kappa shape index (κ2) is 5.28. The van der Waals surface area contributed by atoms with Crippen LogP contribution in [0.25, 0.3) is 0 Å². The maximum Gasteiger partial charge on any atom is 0.243 e. The third kappa shape index (κ3) is 2.61. The second-order valence-electron chi connectivity index (χ2n) is 6.95. The Morgan fingerprint density at radius 1 is 1.14 bits per heavy atom. The van der Waals surface area contributed by atoms with Crippen molar-refractivity contribution in [2.24, 2.45) is 28.8 Å². The van der Waals surface area contributed by atoms with Gasteiger partial charge in [0.15, 0.2) is 0 Å². The molecule has 3 heteroatoms. The second-order valence-corrected chi connectivity index (χ2v) is 6.95. The van der Waals surface area contributed by atoms with Gasteiger partial charge < -0.3 is 0 Å². The van der Waals surface area contributed by atoms with Crippen LogP contribution in [0.2, 0.25) is 0 Å². The molecule has 5 atom stereocenters. The SMILES string of the molecule is O=C(N/N=C\[C@@H]1C[C@H]2CC[C@@H]1C2)[C@@H]1C[C@H]1c1ccccc1. The van der Waals surface area contributed by atoms with Gasteiger partial charge in [-0.25, -0.2) is 5.43 Å². The molecule has 0 aromatic heterocycles. The number of benzene rings is 1. The summed E-state index contributed by atoms with van der Waals surface area (Å²) in [5, 5.41) is 4.24. The molecular formula is C18H22N2O. The van der Waals surface area contributed by atoms with Gasteiger partial charge >= 0.3 is 0 Å². The molecule has 3 saturated carbocycles. The molecule has 4 rings (SSSR count). The van der Waals surface area contributed by atoms with E-state index in [4.69, 9.17) is 0 Å². The molecule has 0 heterocycles. The van der Waals surface area contributed by atoms with Gasteiger partial charge in [0.2, 0.25) is 5.91 Å². The van der Waals surface area contributed by atoms with Crippen LogP contribution in [0.5, 0.6) is 0 Å². The van der Waals surface area contributed by atoms with Gasteiger partial charge in [0, 0.05) is 12.1 Å². The highest BCUT2D eigenvalue weighted by Crippen LogP contribution is 2.48. The normalized spacial score (nSPS) is 37.0. The minimum atomic E-state index is 0.0864. The van der Waals surface area contributed by atoms with Crippen LogP contribution in [-0.4, -0.2) is 12.1 Å². The Balaban J connectivity index is 1.28. The topological polar surface area (TPSA) is 41.5 Å². The van der Waals surface area contributed by atoms with Crippen molar-refractivity contribution in [3.8, 4) is 0 Å². The number of hydrogen-bond acceptors (Lipinski definition) is 2. The van der Waals surface area contributed by atoms with E-state index in [0.29, 0.717) is 11.8 Å². The highest BCUT2D eigenvalue weighted by atomic mass is 16.2. The molecule has 3 nitrogen and oxygen atoms in total. The molecule has 21 heavy (non-hydrogen) atoms. The predicted molar refractivity (Wildman–Crippen MR) is 82.9 cm³/mol. The van der Waals surface area contributed by atoms with Crippen molar-refractivity contribution in [3.63, 3.8) is 0 Å². The van der Waals surface area contributed by atoms with Crippen LogP contribution < -0.4 is 5.43 Å². The molecule has 3 aliphatic rings. The van der Waals surface area contributed by atoms with E-state index in [2.05, 4.69) is 22.7 Å². The summed E-state index contributed by atoms with van der Waals surface area (Å²) in [5.74, 6) is 2.95. The van der Waals surface area contributed by atoms with Crippen LogP contribution >= 0.6 is 0 Å². The molecule has 3 fully saturated rings. The number of rotatable bonds is 4. The molecule has 110 valence electrons. The van der Waals surface area contributed by atoms with Crippen LogP contribution in [0.4, 0.5) is 0 Å². The summed E-state index contributed by atoms with van der Waals surface area (Å²) < 4.78 is 0. The Bertz CT molecular complexity index is 554. The third-order valence-electron chi connectivity index (χ3n) is 5.59. The molecule has 0 radical (unpaired) electrons. The molecule has 0 aliphatic heterocycles. The maximum absolute atomic E-state index is 12.1. The zero-order chi connectivity index (χ0) is 14.2. The van der Waals surface area contributed by atoms with Crippen LogP contribution in [0, 0.1) is 23.7 Å². The lowest BCUT2D eigenvalue weighted by Gasteiger charge is -2.16. The summed E-state index contributed by atoms with van der Waals surface area (Å²) in [6.07, 6.45) is 8.38. The molecule has 1 amide bonds. The Morgan fingerprint density at radius 2 is 2.00 bits per heavy atom. The van der Waals surface area contributed by atoms with Crippen molar-refractivity contribution >= 4 is 12.1 Å². The van der Waals surface area contributed by atoms with Crippen molar-refractivity contribution in [2.45, 2.75) is 38.0 Å². The molecular weight excluding hydrogens is 260 g/mol. The van der Waals surface area contributed by atoms with Gasteiger partial charge in [0.1, 0.15) is 0 Å². The maximum atomic E-state index is 12.1. The van der Waals surface area contributed by atoms with Crippen molar-refractivity contribution in [3.05, 3.63) is 35.9 Å². The van der Waals surface area contributed by atoms with Gasteiger partial charge in [-0.2, -0.15) is 5.10 Å². The van der Waals surface area contributed by atoms with Crippen molar-refractivity contribution in [1.29, 1.82) is 0 Å². The number of nitrogens with one attached hydrogen (secondary N) is 1. The quantitative estimate of drug-likeness (QED) is 0.668. The van der Waals surface area contributed by atoms with Gasteiger partial charge in [-0.3, -0.25) is 4.79 Å². The number of amides is 1. The largest absolute Gasteiger partial charge is 0.273 e. The van der Waals surface area contributed by atoms with Crippen LogP contribution in [-0.2, 0) is 4.79 Å². The molecule has 0 spiro atoms. The van der Waals surface area contributed by atoms with Crippen LogP contribution in [0.15, 0.2) is 35.4 Å². The number of nitrogens with zero attached hydrogens (tertiary/aromatic N) is 1. The Hall–Kier alpha value is -1.64. The molecule has 1 aromatic carbocycles. The minimum Gasteiger partial charge on any atom is -0.273 e. The van der Waals surface area contributed by atoms with Gasteiger partial charge in [-0.05, 0) is 54.9 Å². The lowest BCUT2D eigenvalue weighted by Crippen LogP contribution is -2.22. The molecule has 0 unspecified atom stereocenters. The Kier molecular flexibility index (Phi) is 3.28. The summed E-state index contributed by atoms with van der Waals surface area (Å²) in [5.41, 5.74) is 4.03. The van der Waals surface area contributed by atoms with Gasteiger partial charge in [0.05, 0.1) is 0 Å². The van der Waals surface area contributed by atoms with E-state index >= 15 is 0 Å². The summed E-state index contributed by atoms with van der Waals surface area (Å²) in [6.45, 7) is 0. The Labute approximate surface area is 125 Å². The first-order valence-corrected chi connectivity index (χ1v) is 8.19. The Morgan fingerprint density at radius 3 is 2.71 bits per heavy atom. The van der Waals surface area contributed by atoms with Crippen molar-refractivity contribution in [2.75, 3.05) is 0 Å². The summed E-state index contributed by atoms with van der Waals surface area (Å²) in [6, 6.07) is 10.3. The number of hydrazone groups is 1. The van der Waals surface area contributed by atoms with E-state index in [-0.39, 0.29) is 11.8 Å². The van der Waals surface area contributed by atoms with Gasteiger partial charge in [0.25, 0.3) is 0 Å². The summed E-state index contributed by atoms with van der Waals surface area (Å²) >= 11 is 0. The van der Waals surface area contributed by atoms with Gasteiger partial charge in [-0.15, -0.1) is 0 Å². The van der Waals surface area contributed by atoms with E-state index in [1.54, 1.807) is 0 Å². The molecule has 1 aromatic rings. The average Bonchev–Trinajstić information content (AvgIpc) is 3.06. The number of carbonyl (C=O) groups is 1. The van der Waals surface area contributed by atoms with Crippen LogP contribution in [0.1, 0.15) is 43.6 Å². The predicted octanol–water partition coefficient (Wildman–Crippen LogP) is 3.33. The van der Waals surface area contributed by atoms with E-state index in [0.717, 1.165) is 18.3 Å². The van der Waals surface area contributed by atoms with E-state index in [1.807, 2.05) is 24.4 Å². The average molecular weight is 282 g/mol. The fourth-order valence-electron chi connectivity index (χ4n) is 4.31.